The lowest BCUT2D eigenvalue weighted by Crippen LogP contribution is -2.46. The minimum absolute atomic E-state index is 0.163. The van der Waals surface area contributed by atoms with Crippen molar-refractivity contribution in [2.75, 3.05) is 25.5 Å². The first-order valence-corrected chi connectivity index (χ1v) is 33.2. The topological polar surface area (TPSA) is 409 Å². The fraction of sp³-hybridized carbons (Fsp3) is 0.509. The number of ether oxygens (including phenoxy) is 6. The molecule has 3 aliphatic rings. The number of nitrogens with zero attached hydrogens (tertiary/aromatic N) is 2. The Morgan fingerprint density at radius 3 is 1.31 bits per heavy atom. The number of alkyl halides is 6. The van der Waals surface area contributed by atoms with Crippen LogP contribution in [0.3, 0.4) is 0 Å². The van der Waals surface area contributed by atoms with Gasteiger partial charge >= 0.3 is 38.1 Å². The van der Waals surface area contributed by atoms with Crippen molar-refractivity contribution in [3.8, 4) is 11.5 Å². The predicted molar refractivity (Wildman–Crippen MR) is 297 cm³/mol. The lowest BCUT2D eigenvalue weighted by atomic mass is 10.1. The van der Waals surface area contributed by atoms with Crippen LogP contribution in [0.5, 0.6) is 11.5 Å². The van der Waals surface area contributed by atoms with Gasteiger partial charge in [-0.25, -0.2) is 26.0 Å². The van der Waals surface area contributed by atoms with E-state index in [0.29, 0.717) is 11.3 Å². The number of carbonyl (C=O) groups excluding carboxylic acids is 4. The van der Waals surface area contributed by atoms with E-state index >= 15 is 0 Å². The first-order valence-electron chi connectivity index (χ1n) is 26.9. The quantitative estimate of drug-likeness (QED) is 0.0200. The molecule has 0 spiro atoms. The second-order valence-corrected chi connectivity index (χ2v) is 27.8. The Balaban J connectivity index is 0.000000313. The summed E-state index contributed by atoms with van der Waals surface area (Å²) < 4.78 is 206. The highest BCUT2D eigenvalue weighted by molar-refractivity contribution is 7.86. The Hall–Kier alpha value is -6.24. The molecule has 6 N–H and O–H groups in total. The summed E-state index contributed by atoms with van der Waals surface area (Å²) in [5, 5.41) is 21.1. The molecule has 3 aliphatic heterocycles. The number of amides is 2. The molecular formula is C53H68F6N4O24P2S2. The number of pyridine rings is 2. The van der Waals surface area contributed by atoms with Crippen LogP contribution in [-0.2, 0) is 76.4 Å². The third-order valence-electron chi connectivity index (χ3n) is 12.2. The number of fused-ring (bicyclic) bond motifs is 1. The van der Waals surface area contributed by atoms with Crippen molar-refractivity contribution in [2.45, 2.75) is 133 Å². The van der Waals surface area contributed by atoms with Gasteiger partial charge in [0.1, 0.15) is 47.0 Å². The van der Waals surface area contributed by atoms with Gasteiger partial charge in [0.25, 0.3) is 24.3 Å². The molecular weight excluding hydrogens is 1320 g/mol. The second kappa shape index (κ2) is 32.1. The van der Waals surface area contributed by atoms with Crippen molar-refractivity contribution in [2.24, 2.45) is 23.3 Å². The van der Waals surface area contributed by atoms with E-state index in [1.807, 2.05) is 0 Å². The van der Waals surface area contributed by atoms with Crippen LogP contribution in [0.25, 0.3) is 0 Å². The number of aliphatic hydroxyl groups is 2. The zero-order valence-electron chi connectivity index (χ0n) is 49.6. The number of primary amides is 2. The minimum atomic E-state index is -6.09. The number of aliphatic hydroxyl groups excluding tert-OH is 2. The molecule has 4 unspecified atom stereocenters. The largest absolute Gasteiger partial charge is 0.741 e. The molecule has 2 aromatic heterocycles. The van der Waals surface area contributed by atoms with E-state index < -0.39 is 144 Å². The first-order chi connectivity index (χ1) is 41.8. The van der Waals surface area contributed by atoms with Crippen molar-refractivity contribution >= 4 is 59.2 Å². The molecule has 12 atom stereocenters. The van der Waals surface area contributed by atoms with Gasteiger partial charge in [-0.15, -0.1) is 0 Å². The predicted octanol–water partition coefficient (Wildman–Crippen LogP) is 5.04. The van der Waals surface area contributed by atoms with Gasteiger partial charge in [0.15, 0.2) is 63.0 Å². The van der Waals surface area contributed by atoms with Gasteiger partial charge in [-0.3, -0.25) is 28.2 Å². The maximum Gasteiger partial charge on any atom is 0.485 e. The Kier molecular flexibility index (Phi) is 27.2. The van der Waals surface area contributed by atoms with E-state index in [1.54, 1.807) is 157 Å². The van der Waals surface area contributed by atoms with Crippen LogP contribution >= 0.6 is 15.2 Å². The summed E-state index contributed by atoms with van der Waals surface area (Å²) >= 11 is 0. The number of aromatic nitrogens is 2. The summed E-state index contributed by atoms with van der Waals surface area (Å²) in [4.78, 5) is 48.0. The molecule has 508 valence electrons. The summed E-state index contributed by atoms with van der Waals surface area (Å²) in [6, 6.07) is 23.3. The standard InChI is InChI=1S/C27H35N2O9P.C24H31N2O9P.2CHF3O3S/c1-17(2)34-26(31)18(3)16-39(32,38-20-11-7-6-8-12-20)33-15-21-22-23(37-27(4,5)36-22)25(35-21)29-13-9-10-19(14-29)24(28)30;1-15(2)33-24(30)16(3)14-36(31,35-18-9-5-4-6-10-18)32-13-19-20(27)21(28)23(34-19)26-11-7-8-17(12-26)22(25)29;2*2-1(3,4)8(5,6)7/h6-14,17-18,21-23,25H,15-16H2,1-5H3,(H-,28,30);4-12,15-16,19-21,23,27-28H,13-14H2,1-3H3,(H-,25,29);2*(H,5,6,7)/t18-,21-,22+,23?,25-,39?;16-,19-,20+,21?,23-,36?;;/m11../s1. The van der Waals surface area contributed by atoms with E-state index in [1.165, 1.54) is 16.8 Å². The minimum Gasteiger partial charge on any atom is -0.741 e. The molecule has 7 rings (SSSR count). The third kappa shape index (κ3) is 23.7. The van der Waals surface area contributed by atoms with Gasteiger partial charge < -0.3 is 68.3 Å². The first kappa shape index (κ1) is 77.2. The van der Waals surface area contributed by atoms with E-state index in [2.05, 4.69) is 0 Å². The summed E-state index contributed by atoms with van der Waals surface area (Å²) in [6.45, 7) is 13.1. The van der Waals surface area contributed by atoms with Crippen molar-refractivity contribution in [3.63, 3.8) is 0 Å². The molecule has 4 aromatic rings. The van der Waals surface area contributed by atoms with Crippen molar-refractivity contribution in [1.82, 2.24) is 0 Å². The molecule has 28 nitrogen and oxygen atoms in total. The van der Waals surface area contributed by atoms with E-state index in [4.69, 9.17) is 83.9 Å². The number of halogens is 6. The average Bonchev–Trinajstić information content (AvgIpc) is 1.62. The van der Waals surface area contributed by atoms with Crippen molar-refractivity contribution in [3.05, 3.63) is 121 Å². The Morgan fingerprint density at radius 2 is 0.945 bits per heavy atom. The van der Waals surface area contributed by atoms with E-state index in [9.17, 15) is 64.9 Å². The van der Waals surface area contributed by atoms with Gasteiger partial charge in [0.05, 0.1) is 49.6 Å². The van der Waals surface area contributed by atoms with Crippen LogP contribution in [0.2, 0.25) is 0 Å². The third-order valence-corrected chi connectivity index (χ3v) is 17.4. The molecule has 0 aliphatic carbocycles. The number of para-hydroxylation sites is 2. The number of rotatable bonds is 22. The molecule has 3 saturated heterocycles. The Labute approximate surface area is 518 Å². The highest BCUT2D eigenvalue weighted by Gasteiger charge is 2.60. The number of esters is 2. The lowest BCUT2D eigenvalue weighted by molar-refractivity contribution is -0.766. The molecule has 2 amide bonds. The summed E-state index contributed by atoms with van der Waals surface area (Å²) in [5.74, 6) is -4.13. The zero-order chi connectivity index (χ0) is 68.8. The molecule has 91 heavy (non-hydrogen) atoms. The van der Waals surface area contributed by atoms with E-state index in [0.717, 1.165) is 0 Å². The maximum absolute atomic E-state index is 14.0. The molecule has 2 aromatic carbocycles. The number of benzene rings is 2. The number of hydrogen-bond acceptors (Lipinski definition) is 24. The van der Waals surface area contributed by atoms with Crippen LogP contribution in [0, 0.1) is 11.8 Å². The summed E-state index contributed by atoms with van der Waals surface area (Å²) in [5.41, 5.74) is -0.0299. The lowest BCUT2D eigenvalue weighted by Gasteiger charge is -2.25. The van der Waals surface area contributed by atoms with Gasteiger partial charge in [-0.2, -0.15) is 35.5 Å². The summed E-state index contributed by atoms with van der Waals surface area (Å²) in [6.07, 6.45) is -2.28. The maximum atomic E-state index is 14.0. The van der Waals surface area contributed by atoms with Gasteiger partial charge in [-0.05, 0) is 77.9 Å². The highest BCUT2D eigenvalue weighted by atomic mass is 32.2. The molecule has 38 heteroatoms. The van der Waals surface area contributed by atoms with Gasteiger partial charge in [0, 0.05) is 12.1 Å². The normalized spacial score (nSPS) is 23.2. The van der Waals surface area contributed by atoms with Crippen molar-refractivity contribution < 1.29 is 146 Å². The van der Waals surface area contributed by atoms with Gasteiger partial charge in [-0.1, -0.05) is 50.2 Å². The van der Waals surface area contributed by atoms with Crippen LogP contribution in [-0.4, -0.2) is 151 Å². The molecule has 3 fully saturated rings. The Morgan fingerprint density at radius 1 is 0.593 bits per heavy atom. The number of hydrogen-bond donors (Lipinski definition) is 4. The molecule has 0 radical (unpaired) electrons. The average molecular weight is 1390 g/mol. The summed E-state index contributed by atoms with van der Waals surface area (Å²) in [7, 11) is -20.0. The number of nitrogens with two attached hydrogens (primary N) is 2. The van der Waals surface area contributed by atoms with Gasteiger partial charge in [0.2, 0.25) is 0 Å². The zero-order valence-corrected chi connectivity index (χ0v) is 53.0. The fourth-order valence-electron chi connectivity index (χ4n) is 8.15. The van der Waals surface area contributed by atoms with Crippen LogP contribution < -0.4 is 29.6 Å². The fourth-order valence-corrected chi connectivity index (χ4v) is 11.9. The monoisotopic (exact) mass is 1380 g/mol. The van der Waals surface area contributed by atoms with Crippen LogP contribution in [0.1, 0.15) is 88.6 Å². The highest BCUT2D eigenvalue weighted by Crippen LogP contribution is 2.53. The van der Waals surface area contributed by atoms with Crippen LogP contribution in [0.15, 0.2) is 110 Å². The SMILES string of the molecule is CC(C)OC(=O)[C@H](C)CP(=O)(OC[C@H]1O[C@@H]([n+]2cccc(C(N)=O)c2)C(O)[C@H]1O)Oc1ccccc1.CC(C)OC(=O)[C@H](C)CP(=O)(OC[C@H]1O[C@@H]([n+]2cccc(C(N)=O)c2)C2OC(C)(C)O[C@H]21)Oc1ccccc1.O=S(=O)([O-])C(F)(F)F.O=S(=O)([O-])C(F)(F)F. The van der Waals surface area contributed by atoms with Crippen molar-refractivity contribution in [1.29, 1.82) is 0 Å². The van der Waals surface area contributed by atoms with Crippen LogP contribution in [0.4, 0.5) is 26.3 Å². The number of carbonyl (C=O) groups is 4. The van der Waals surface area contributed by atoms with E-state index in [-0.39, 0.29) is 42.5 Å². The smallest absolute Gasteiger partial charge is 0.485 e. The molecule has 0 bridgehead atoms. The Bertz CT molecular complexity index is 3390. The molecule has 5 heterocycles. The second-order valence-electron chi connectivity index (χ2n) is 21.0. The molecule has 0 saturated carbocycles.